The first kappa shape index (κ1) is 17.0. The Morgan fingerprint density at radius 3 is 2.78 bits per heavy atom. The Labute approximate surface area is 154 Å². The number of carbonyl (C=O) groups is 1. The highest BCUT2D eigenvalue weighted by atomic mass is 16.2. The van der Waals surface area contributed by atoms with E-state index in [9.17, 15) is 9.59 Å². The minimum atomic E-state index is -0.359. The quantitative estimate of drug-likeness (QED) is 0.582. The van der Waals surface area contributed by atoms with Gasteiger partial charge in [0.25, 0.3) is 5.56 Å². The summed E-state index contributed by atoms with van der Waals surface area (Å²) in [7, 11) is 0. The summed E-state index contributed by atoms with van der Waals surface area (Å²) >= 11 is 0. The number of amides is 1. The zero-order valence-corrected chi connectivity index (χ0v) is 15.4. The van der Waals surface area contributed by atoms with Gasteiger partial charge in [0, 0.05) is 17.1 Å². The second kappa shape index (κ2) is 6.08. The van der Waals surface area contributed by atoms with Gasteiger partial charge in [0.05, 0.1) is 18.2 Å². The van der Waals surface area contributed by atoms with Gasteiger partial charge in [-0.2, -0.15) is 5.10 Å². The SMILES string of the molecule is CC(C)(C)n1ncc2c(=O)n(NC(=O)Cc3c[nH]c4ccccc34)cnc21. The second-order valence-electron chi connectivity index (χ2n) is 7.46. The topological polar surface area (TPSA) is 97.6 Å². The minimum Gasteiger partial charge on any atom is -0.361 e. The van der Waals surface area contributed by atoms with Crippen molar-refractivity contribution in [1.29, 1.82) is 0 Å². The van der Waals surface area contributed by atoms with Gasteiger partial charge in [-0.25, -0.2) is 14.3 Å². The maximum atomic E-state index is 12.7. The highest BCUT2D eigenvalue weighted by Crippen LogP contribution is 2.19. The Kier molecular flexibility index (Phi) is 3.83. The van der Waals surface area contributed by atoms with E-state index in [2.05, 4.69) is 20.5 Å². The van der Waals surface area contributed by atoms with Gasteiger partial charge in [-0.3, -0.25) is 15.0 Å². The molecule has 2 N–H and O–H groups in total. The summed E-state index contributed by atoms with van der Waals surface area (Å²) in [5.74, 6) is -0.300. The van der Waals surface area contributed by atoms with Crippen molar-refractivity contribution in [1.82, 2.24) is 24.4 Å². The molecule has 3 heterocycles. The van der Waals surface area contributed by atoms with Crippen molar-refractivity contribution in [3.63, 3.8) is 0 Å². The normalized spacial score (nSPS) is 12.0. The lowest BCUT2D eigenvalue weighted by molar-refractivity contribution is -0.116. The molecular formula is C19H20N6O2. The number of rotatable bonds is 3. The monoisotopic (exact) mass is 364 g/mol. The molecular weight excluding hydrogens is 344 g/mol. The molecule has 8 nitrogen and oxygen atoms in total. The van der Waals surface area contributed by atoms with Crippen LogP contribution in [0.25, 0.3) is 21.9 Å². The van der Waals surface area contributed by atoms with E-state index in [1.165, 1.54) is 12.5 Å². The maximum absolute atomic E-state index is 12.7. The van der Waals surface area contributed by atoms with Gasteiger partial charge < -0.3 is 4.98 Å². The van der Waals surface area contributed by atoms with Crippen LogP contribution in [0, 0.1) is 0 Å². The molecule has 0 fully saturated rings. The van der Waals surface area contributed by atoms with Crippen molar-refractivity contribution in [3.8, 4) is 0 Å². The second-order valence-corrected chi connectivity index (χ2v) is 7.46. The van der Waals surface area contributed by atoms with Crippen LogP contribution in [0.5, 0.6) is 0 Å². The van der Waals surface area contributed by atoms with Gasteiger partial charge in [0.15, 0.2) is 5.65 Å². The Morgan fingerprint density at radius 2 is 2.00 bits per heavy atom. The average Bonchev–Trinajstić information content (AvgIpc) is 3.22. The number of aromatic nitrogens is 5. The van der Waals surface area contributed by atoms with Crippen LogP contribution in [0.3, 0.4) is 0 Å². The summed E-state index contributed by atoms with van der Waals surface area (Å²) in [5, 5.41) is 5.61. The molecule has 0 unspecified atom stereocenters. The Hall–Kier alpha value is -3.42. The lowest BCUT2D eigenvalue weighted by atomic mass is 10.1. The zero-order valence-electron chi connectivity index (χ0n) is 15.4. The van der Waals surface area contributed by atoms with E-state index in [1.54, 1.807) is 4.68 Å². The largest absolute Gasteiger partial charge is 0.361 e. The summed E-state index contributed by atoms with van der Waals surface area (Å²) in [4.78, 5) is 32.6. The lowest BCUT2D eigenvalue weighted by Gasteiger charge is -2.19. The summed E-state index contributed by atoms with van der Waals surface area (Å²) in [6.07, 6.45) is 4.76. The van der Waals surface area contributed by atoms with E-state index in [0.717, 1.165) is 21.1 Å². The molecule has 3 aromatic heterocycles. The number of benzene rings is 1. The van der Waals surface area contributed by atoms with Crippen LogP contribution >= 0.6 is 0 Å². The molecule has 0 atom stereocenters. The van der Waals surface area contributed by atoms with Crippen molar-refractivity contribution in [2.75, 3.05) is 5.43 Å². The molecule has 1 amide bonds. The fourth-order valence-electron chi connectivity index (χ4n) is 3.11. The molecule has 0 aliphatic heterocycles. The fourth-order valence-corrected chi connectivity index (χ4v) is 3.11. The molecule has 0 bridgehead atoms. The number of fused-ring (bicyclic) bond motifs is 2. The predicted octanol–water partition coefficient (Wildman–Crippen LogP) is 2.14. The molecule has 0 aliphatic rings. The van der Waals surface area contributed by atoms with Gasteiger partial charge in [0.1, 0.15) is 11.7 Å². The molecule has 4 aromatic rings. The highest BCUT2D eigenvalue weighted by molar-refractivity contribution is 5.92. The summed E-state index contributed by atoms with van der Waals surface area (Å²) in [5.41, 5.74) is 4.28. The molecule has 0 saturated heterocycles. The third-order valence-electron chi connectivity index (χ3n) is 4.40. The number of nitrogens with zero attached hydrogens (tertiary/aromatic N) is 4. The number of nitrogens with one attached hydrogen (secondary N) is 2. The van der Waals surface area contributed by atoms with Crippen LogP contribution in [-0.4, -0.2) is 30.3 Å². The van der Waals surface area contributed by atoms with Crippen molar-refractivity contribution in [3.05, 3.63) is 58.9 Å². The van der Waals surface area contributed by atoms with E-state index in [-0.39, 0.29) is 23.4 Å². The minimum absolute atomic E-state index is 0.149. The number of H-pyrrole nitrogens is 1. The molecule has 138 valence electrons. The van der Waals surface area contributed by atoms with Crippen LogP contribution in [0.15, 0.2) is 47.8 Å². The van der Waals surface area contributed by atoms with Crippen LogP contribution in [0.2, 0.25) is 0 Å². The smallest absolute Gasteiger partial charge is 0.283 e. The first-order chi connectivity index (χ1) is 12.8. The molecule has 0 saturated carbocycles. The predicted molar refractivity (Wildman–Crippen MR) is 103 cm³/mol. The van der Waals surface area contributed by atoms with Gasteiger partial charge in [0.2, 0.25) is 5.91 Å². The van der Waals surface area contributed by atoms with E-state index >= 15 is 0 Å². The standard InChI is InChI=1S/C19H20N6O2/c1-19(2,3)25-17-14(10-22-25)18(27)24(11-21-17)23-16(26)8-12-9-20-15-7-5-4-6-13(12)15/h4-7,9-11,20H,8H2,1-3H3,(H,23,26). The molecule has 1 aromatic carbocycles. The molecule has 0 radical (unpaired) electrons. The molecule has 27 heavy (non-hydrogen) atoms. The zero-order chi connectivity index (χ0) is 19.2. The number of hydrogen-bond acceptors (Lipinski definition) is 4. The number of aromatic amines is 1. The summed E-state index contributed by atoms with van der Waals surface area (Å²) < 4.78 is 2.80. The van der Waals surface area contributed by atoms with Gasteiger partial charge in [-0.05, 0) is 32.4 Å². The van der Waals surface area contributed by atoms with Crippen molar-refractivity contribution < 1.29 is 4.79 Å². The first-order valence-corrected chi connectivity index (χ1v) is 8.65. The van der Waals surface area contributed by atoms with Gasteiger partial charge in [-0.15, -0.1) is 0 Å². The lowest BCUT2D eigenvalue weighted by Crippen LogP contribution is -2.34. The Morgan fingerprint density at radius 1 is 1.22 bits per heavy atom. The summed E-state index contributed by atoms with van der Waals surface area (Å²) in [6, 6.07) is 7.76. The van der Waals surface area contributed by atoms with Crippen LogP contribution in [0.4, 0.5) is 0 Å². The van der Waals surface area contributed by atoms with Crippen molar-refractivity contribution >= 4 is 27.8 Å². The van der Waals surface area contributed by atoms with Crippen LogP contribution in [0.1, 0.15) is 26.3 Å². The fraction of sp³-hybridized carbons (Fsp3) is 0.263. The Bertz CT molecular complexity index is 1210. The third kappa shape index (κ3) is 2.99. The third-order valence-corrected chi connectivity index (χ3v) is 4.40. The van der Waals surface area contributed by atoms with Crippen molar-refractivity contribution in [2.45, 2.75) is 32.7 Å². The average molecular weight is 364 g/mol. The van der Waals surface area contributed by atoms with Gasteiger partial charge >= 0.3 is 0 Å². The van der Waals surface area contributed by atoms with Crippen molar-refractivity contribution in [2.24, 2.45) is 0 Å². The van der Waals surface area contributed by atoms with E-state index in [1.807, 2.05) is 51.2 Å². The Balaban J connectivity index is 1.61. The van der Waals surface area contributed by atoms with Gasteiger partial charge in [-0.1, -0.05) is 18.2 Å². The maximum Gasteiger partial charge on any atom is 0.283 e. The van der Waals surface area contributed by atoms with E-state index in [0.29, 0.717) is 11.0 Å². The van der Waals surface area contributed by atoms with E-state index in [4.69, 9.17) is 0 Å². The molecule has 4 rings (SSSR count). The summed E-state index contributed by atoms with van der Waals surface area (Å²) in [6.45, 7) is 5.95. The molecule has 0 aliphatic carbocycles. The number of hydrogen-bond donors (Lipinski definition) is 2. The molecule has 0 spiro atoms. The number of para-hydroxylation sites is 1. The highest BCUT2D eigenvalue weighted by Gasteiger charge is 2.20. The van der Waals surface area contributed by atoms with Crippen LogP contribution < -0.4 is 11.0 Å². The number of carbonyl (C=O) groups excluding carboxylic acids is 1. The van der Waals surface area contributed by atoms with Crippen LogP contribution in [-0.2, 0) is 16.8 Å². The van der Waals surface area contributed by atoms with E-state index < -0.39 is 0 Å². The molecule has 8 heteroatoms. The first-order valence-electron chi connectivity index (χ1n) is 8.65.